The highest BCUT2D eigenvalue weighted by Crippen LogP contribution is 2.37. The normalized spacial score (nSPS) is 16.6. The van der Waals surface area contributed by atoms with Crippen LogP contribution in [0.25, 0.3) is 11.4 Å². The van der Waals surface area contributed by atoms with Crippen LogP contribution in [0.4, 0.5) is 23.0 Å². The number of benzene rings is 2. The van der Waals surface area contributed by atoms with E-state index in [0.29, 0.717) is 36.2 Å². The van der Waals surface area contributed by atoms with Crippen LogP contribution in [0, 0.1) is 0 Å². The van der Waals surface area contributed by atoms with Crippen molar-refractivity contribution in [1.82, 2.24) is 20.0 Å². The molecule has 10 nitrogen and oxygen atoms in total. The second kappa shape index (κ2) is 13.1. The summed E-state index contributed by atoms with van der Waals surface area (Å²) in [6.45, 7) is 8.79. The van der Waals surface area contributed by atoms with Gasteiger partial charge in [-0.25, -0.2) is 9.97 Å². The van der Waals surface area contributed by atoms with E-state index in [0.717, 1.165) is 65.3 Å². The molecule has 0 saturated carbocycles. The molecule has 4 heterocycles. The predicted molar refractivity (Wildman–Crippen MR) is 180 cm³/mol. The number of carbonyl (C=O) groups is 1. The van der Waals surface area contributed by atoms with Crippen molar-refractivity contribution in [3.63, 3.8) is 0 Å². The lowest BCUT2D eigenvalue weighted by molar-refractivity contribution is 0.0986. The van der Waals surface area contributed by atoms with Crippen LogP contribution in [-0.4, -0.2) is 65.3 Å². The van der Waals surface area contributed by atoms with Gasteiger partial charge in [-0.3, -0.25) is 4.79 Å². The number of likely N-dealkylation sites (tertiary alicyclic amines) is 1. The van der Waals surface area contributed by atoms with E-state index in [9.17, 15) is 4.79 Å². The van der Waals surface area contributed by atoms with E-state index in [-0.39, 0.29) is 11.7 Å². The fourth-order valence-electron chi connectivity index (χ4n) is 7.29. The number of para-hydroxylation sites is 1. The number of aromatic nitrogens is 3. The molecule has 0 bridgehead atoms. The second-order valence-electron chi connectivity index (χ2n) is 12.5. The molecule has 2 aromatic carbocycles. The standard InChI is InChI=1S/C36H43N7O3/c1-4-23-9-8-10-24(5-2)31(23)39-35(44)34-28-13-11-25-22-37-36(40-32(25)33(28)41-46-34)38-29-14-12-27(21-30(29)45-3)43-19-15-26(16-20-43)42-17-6-7-18-42/h8-10,12,14,21-22,26H,4-7,11,13,15-20H2,1-3H3,(H,39,44)(H,37,38,40). The largest absolute Gasteiger partial charge is 0.494 e. The van der Waals surface area contributed by atoms with Crippen molar-refractivity contribution in [2.24, 2.45) is 0 Å². The van der Waals surface area contributed by atoms with Gasteiger partial charge >= 0.3 is 0 Å². The van der Waals surface area contributed by atoms with Gasteiger partial charge in [0.1, 0.15) is 17.1 Å². The molecule has 1 aliphatic carbocycles. The van der Waals surface area contributed by atoms with Crippen LogP contribution in [0.15, 0.2) is 47.1 Å². The van der Waals surface area contributed by atoms with Gasteiger partial charge in [0, 0.05) is 48.3 Å². The first-order valence-corrected chi connectivity index (χ1v) is 16.8. The van der Waals surface area contributed by atoms with Crippen molar-refractivity contribution < 1.29 is 14.1 Å². The Morgan fingerprint density at radius 3 is 2.48 bits per heavy atom. The minimum Gasteiger partial charge on any atom is -0.494 e. The van der Waals surface area contributed by atoms with E-state index in [1.807, 2.05) is 30.5 Å². The van der Waals surface area contributed by atoms with Crippen LogP contribution < -0.4 is 20.3 Å². The first kappa shape index (κ1) is 30.2. The van der Waals surface area contributed by atoms with Crippen molar-refractivity contribution in [2.75, 3.05) is 48.8 Å². The third kappa shape index (κ3) is 5.82. The molecule has 7 rings (SSSR count). The molecule has 0 radical (unpaired) electrons. The average molecular weight is 622 g/mol. The van der Waals surface area contributed by atoms with Gasteiger partial charge in [0.25, 0.3) is 5.91 Å². The van der Waals surface area contributed by atoms with E-state index in [2.05, 4.69) is 56.6 Å². The van der Waals surface area contributed by atoms with E-state index in [1.54, 1.807) is 7.11 Å². The quantitative estimate of drug-likeness (QED) is 0.219. The number of fused-ring (bicyclic) bond motifs is 3. The molecule has 0 atom stereocenters. The van der Waals surface area contributed by atoms with Crippen LogP contribution in [0.5, 0.6) is 5.75 Å². The fourth-order valence-corrected chi connectivity index (χ4v) is 7.29. The van der Waals surface area contributed by atoms with E-state index >= 15 is 0 Å². The number of rotatable bonds is 9. The number of nitrogens with zero attached hydrogens (tertiary/aromatic N) is 5. The Morgan fingerprint density at radius 2 is 1.76 bits per heavy atom. The summed E-state index contributed by atoms with van der Waals surface area (Å²) < 4.78 is 11.5. The van der Waals surface area contributed by atoms with Gasteiger partial charge in [-0.15, -0.1) is 0 Å². The topological polar surface area (TPSA) is 109 Å². The summed E-state index contributed by atoms with van der Waals surface area (Å²) in [6, 6.07) is 13.1. The van der Waals surface area contributed by atoms with Gasteiger partial charge in [-0.05, 0) is 93.3 Å². The third-order valence-electron chi connectivity index (χ3n) is 9.88. The number of nitrogens with one attached hydrogen (secondary N) is 2. The highest BCUT2D eigenvalue weighted by molar-refractivity contribution is 6.05. The van der Waals surface area contributed by atoms with Crippen molar-refractivity contribution in [3.05, 3.63) is 70.6 Å². The molecule has 0 unspecified atom stereocenters. The summed E-state index contributed by atoms with van der Waals surface area (Å²) in [7, 11) is 1.69. The van der Waals surface area contributed by atoms with Crippen LogP contribution >= 0.6 is 0 Å². The summed E-state index contributed by atoms with van der Waals surface area (Å²) in [5.74, 6) is 1.12. The molecule has 2 N–H and O–H groups in total. The zero-order valence-corrected chi connectivity index (χ0v) is 27.1. The monoisotopic (exact) mass is 621 g/mol. The molecule has 4 aromatic rings. The number of anilines is 4. The molecule has 1 amide bonds. The molecule has 10 heteroatoms. The predicted octanol–water partition coefficient (Wildman–Crippen LogP) is 6.42. The number of hydrogen-bond donors (Lipinski definition) is 2. The molecular weight excluding hydrogens is 578 g/mol. The SMILES string of the molecule is CCc1cccc(CC)c1NC(=O)c1onc2c1CCc1cnc(Nc3ccc(N4CCC(N5CCCC5)CC4)cc3OC)nc1-2. The summed E-state index contributed by atoms with van der Waals surface area (Å²) in [5.41, 5.74) is 8.03. The maximum Gasteiger partial charge on any atom is 0.294 e. The molecule has 2 fully saturated rings. The number of amides is 1. The zero-order valence-electron chi connectivity index (χ0n) is 27.1. The molecule has 2 aromatic heterocycles. The summed E-state index contributed by atoms with van der Waals surface area (Å²) >= 11 is 0. The number of carbonyl (C=O) groups excluding carboxylic acids is 1. The van der Waals surface area contributed by atoms with Crippen LogP contribution in [-0.2, 0) is 25.7 Å². The number of ether oxygens (including phenoxy) is 1. The maximum absolute atomic E-state index is 13.5. The Balaban J connectivity index is 1.08. The highest BCUT2D eigenvalue weighted by Gasteiger charge is 2.30. The van der Waals surface area contributed by atoms with Gasteiger partial charge in [0.05, 0.1) is 12.8 Å². The van der Waals surface area contributed by atoms with Gasteiger partial charge in [-0.1, -0.05) is 37.2 Å². The number of piperidine rings is 1. The first-order chi connectivity index (χ1) is 22.6. The van der Waals surface area contributed by atoms with Crippen molar-refractivity contribution in [3.8, 4) is 17.1 Å². The van der Waals surface area contributed by atoms with Crippen molar-refractivity contribution in [1.29, 1.82) is 0 Å². The third-order valence-corrected chi connectivity index (χ3v) is 9.88. The van der Waals surface area contributed by atoms with Crippen LogP contribution in [0.3, 0.4) is 0 Å². The fraction of sp³-hybridized carbons (Fsp3) is 0.444. The van der Waals surface area contributed by atoms with Crippen molar-refractivity contribution >= 4 is 28.9 Å². The van der Waals surface area contributed by atoms with Crippen LogP contribution in [0.2, 0.25) is 0 Å². The average Bonchev–Trinajstić information content (AvgIpc) is 3.80. The van der Waals surface area contributed by atoms with Gasteiger partial charge in [0.15, 0.2) is 0 Å². The lowest BCUT2D eigenvalue weighted by Crippen LogP contribution is -2.43. The van der Waals surface area contributed by atoms with E-state index in [1.165, 1.54) is 44.5 Å². The number of aryl methyl sites for hydroxylation is 3. The molecule has 2 aliphatic heterocycles. The Morgan fingerprint density at radius 1 is 1.00 bits per heavy atom. The smallest absolute Gasteiger partial charge is 0.294 e. The number of methoxy groups -OCH3 is 1. The Bertz CT molecular complexity index is 1700. The Kier molecular flexibility index (Phi) is 8.62. The van der Waals surface area contributed by atoms with Gasteiger partial charge in [-0.2, -0.15) is 0 Å². The first-order valence-electron chi connectivity index (χ1n) is 16.8. The molecule has 2 saturated heterocycles. The summed E-state index contributed by atoms with van der Waals surface area (Å²) in [5, 5.41) is 10.8. The molecule has 46 heavy (non-hydrogen) atoms. The lowest BCUT2D eigenvalue weighted by atomic mass is 9.93. The maximum atomic E-state index is 13.5. The highest BCUT2D eigenvalue weighted by atomic mass is 16.5. The van der Waals surface area contributed by atoms with Crippen LogP contribution in [0.1, 0.15) is 72.3 Å². The summed E-state index contributed by atoms with van der Waals surface area (Å²) in [4.78, 5) is 28.1. The Labute approximate surface area is 270 Å². The minimum absolute atomic E-state index is 0.239. The van der Waals surface area contributed by atoms with E-state index < -0.39 is 0 Å². The second-order valence-corrected chi connectivity index (χ2v) is 12.5. The van der Waals surface area contributed by atoms with Gasteiger partial charge < -0.3 is 29.7 Å². The lowest BCUT2D eigenvalue weighted by Gasteiger charge is -2.38. The van der Waals surface area contributed by atoms with E-state index in [4.69, 9.17) is 14.2 Å². The summed E-state index contributed by atoms with van der Waals surface area (Å²) in [6.07, 6.45) is 9.88. The minimum atomic E-state index is -0.287. The molecular formula is C36H43N7O3. The number of hydrogen-bond acceptors (Lipinski definition) is 9. The molecule has 3 aliphatic rings. The van der Waals surface area contributed by atoms with Gasteiger partial charge in [0.2, 0.25) is 11.7 Å². The zero-order chi connectivity index (χ0) is 31.6. The molecule has 0 spiro atoms. The molecule has 240 valence electrons. The van der Waals surface area contributed by atoms with Crippen molar-refractivity contribution in [2.45, 2.75) is 71.3 Å². The Hall–Kier alpha value is -4.44.